The first-order valence-corrected chi connectivity index (χ1v) is 8.99. The van der Waals surface area contributed by atoms with Gasteiger partial charge in [-0.2, -0.15) is 0 Å². The molecule has 4 rings (SSSR count). The van der Waals surface area contributed by atoms with E-state index in [0.29, 0.717) is 12.5 Å². The van der Waals surface area contributed by atoms with E-state index < -0.39 is 0 Å². The van der Waals surface area contributed by atoms with Crippen molar-refractivity contribution >= 4 is 0 Å². The minimum atomic E-state index is -0.101. The van der Waals surface area contributed by atoms with E-state index in [1.54, 1.807) is 6.20 Å². The molecule has 1 spiro atoms. The summed E-state index contributed by atoms with van der Waals surface area (Å²) in [6.45, 7) is 7.51. The van der Waals surface area contributed by atoms with Crippen molar-refractivity contribution in [2.75, 3.05) is 19.7 Å². The number of ether oxygens (including phenoxy) is 2. The van der Waals surface area contributed by atoms with E-state index in [1.165, 1.54) is 5.56 Å². The van der Waals surface area contributed by atoms with Gasteiger partial charge in [0.15, 0.2) is 0 Å². The lowest BCUT2D eigenvalue weighted by atomic mass is 9.89. The lowest BCUT2D eigenvalue weighted by Gasteiger charge is -2.39. The number of piperidine rings is 1. The fourth-order valence-corrected chi connectivity index (χ4v) is 4.03. The summed E-state index contributed by atoms with van der Waals surface area (Å²) in [5.74, 6) is 1.59. The maximum atomic E-state index is 6.24. The van der Waals surface area contributed by atoms with E-state index in [9.17, 15) is 0 Å². The molecular weight excluding hydrogens is 318 g/mol. The van der Waals surface area contributed by atoms with E-state index in [0.717, 1.165) is 50.4 Å². The molecule has 6 nitrogen and oxygen atoms in total. The van der Waals surface area contributed by atoms with Crippen molar-refractivity contribution < 1.29 is 14.0 Å². The Morgan fingerprint density at radius 3 is 3.04 bits per heavy atom. The smallest absolute Gasteiger partial charge is 0.213 e. The summed E-state index contributed by atoms with van der Waals surface area (Å²) in [4.78, 5) is 6.71. The average molecular weight is 343 g/mol. The Hall–Kier alpha value is -1.92. The molecule has 2 aromatic heterocycles. The standard InChI is InChI=1S/C19H25N3O3/c1-14-17(15(2)25-21-14)11-22-9-5-7-19(13-22)10-16(12-23-19)24-18-6-3-4-8-20-18/h3-4,6,8,16H,5,7,9-13H2,1-2H3/t16-,19-/m0/s1. The lowest BCUT2D eigenvalue weighted by Crippen LogP contribution is -2.47. The van der Waals surface area contributed by atoms with E-state index >= 15 is 0 Å². The van der Waals surface area contributed by atoms with Crippen LogP contribution in [0.15, 0.2) is 28.9 Å². The molecule has 2 saturated heterocycles. The number of hydrogen-bond donors (Lipinski definition) is 0. The van der Waals surface area contributed by atoms with Crippen LogP contribution in [0.4, 0.5) is 0 Å². The number of pyridine rings is 1. The van der Waals surface area contributed by atoms with Gasteiger partial charge in [-0.05, 0) is 39.3 Å². The van der Waals surface area contributed by atoms with Crippen LogP contribution in [-0.4, -0.2) is 46.4 Å². The van der Waals surface area contributed by atoms with Gasteiger partial charge in [0, 0.05) is 37.3 Å². The SMILES string of the molecule is Cc1noc(C)c1CN1CCC[C@]2(C[C@H](Oc3ccccn3)CO2)C1. The van der Waals surface area contributed by atoms with Gasteiger partial charge in [0.05, 0.1) is 17.9 Å². The highest BCUT2D eigenvalue weighted by atomic mass is 16.6. The van der Waals surface area contributed by atoms with Gasteiger partial charge >= 0.3 is 0 Å². The summed E-state index contributed by atoms with van der Waals surface area (Å²) in [5.41, 5.74) is 2.09. The van der Waals surface area contributed by atoms with Crippen molar-refractivity contribution in [1.29, 1.82) is 0 Å². The van der Waals surface area contributed by atoms with E-state index in [4.69, 9.17) is 14.0 Å². The second kappa shape index (κ2) is 6.77. The molecule has 0 saturated carbocycles. The Morgan fingerprint density at radius 1 is 1.36 bits per heavy atom. The fraction of sp³-hybridized carbons (Fsp3) is 0.579. The van der Waals surface area contributed by atoms with Crippen LogP contribution >= 0.6 is 0 Å². The molecule has 0 amide bonds. The van der Waals surface area contributed by atoms with Crippen LogP contribution in [0.25, 0.3) is 0 Å². The van der Waals surface area contributed by atoms with Crippen molar-refractivity contribution in [3.05, 3.63) is 41.4 Å². The summed E-state index contributed by atoms with van der Waals surface area (Å²) >= 11 is 0. The van der Waals surface area contributed by atoms with Crippen LogP contribution in [0.2, 0.25) is 0 Å². The third-order valence-electron chi connectivity index (χ3n) is 5.28. The molecule has 0 aliphatic carbocycles. The molecule has 25 heavy (non-hydrogen) atoms. The molecule has 0 bridgehead atoms. The number of aryl methyl sites for hydroxylation is 2. The monoisotopic (exact) mass is 343 g/mol. The van der Waals surface area contributed by atoms with Gasteiger partial charge < -0.3 is 14.0 Å². The second-order valence-corrected chi connectivity index (χ2v) is 7.22. The van der Waals surface area contributed by atoms with Crippen LogP contribution in [0, 0.1) is 13.8 Å². The first kappa shape index (κ1) is 16.5. The molecule has 6 heteroatoms. The largest absolute Gasteiger partial charge is 0.472 e. The Kier molecular flexibility index (Phi) is 4.48. The van der Waals surface area contributed by atoms with Crippen molar-refractivity contribution in [2.24, 2.45) is 0 Å². The first-order chi connectivity index (χ1) is 12.1. The number of rotatable bonds is 4. The predicted molar refractivity (Wildman–Crippen MR) is 92.4 cm³/mol. The minimum Gasteiger partial charge on any atom is -0.472 e. The Labute approximate surface area is 148 Å². The third-order valence-corrected chi connectivity index (χ3v) is 5.28. The van der Waals surface area contributed by atoms with Gasteiger partial charge in [-0.15, -0.1) is 0 Å². The molecule has 4 heterocycles. The molecule has 0 radical (unpaired) electrons. The topological polar surface area (TPSA) is 60.6 Å². The molecule has 0 N–H and O–H groups in total. The van der Waals surface area contributed by atoms with Crippen molar-refractivity contribution in [3.8, 4) is 5.88 Å². The van der Waals surface area contributed by atoms with Gasteiger partial charge in [0.2, 0.25) is 5.88 Å². The van der Waals surface area contributed by atoms with E-state index in [1.807, 2.05) is 32.0 Å². The zero-order valence-corrected chi connectivity index (χ0v) is 14.9. The Balaban J connectivity index is 1.39. The number of likely N-dealkylation sites (tertiary alicyclic amines) is 1. The van der Waals surface area contributed by atoms with Crippen LogP contribution < -0.4 is 4.74 Å². The van der Waals surface area contributed by atoms with Crippen LogP contribution in [0.1, 0.15) is 36.3 Å². The highest BCUT2D eigenvalue weighted by Crippen LogP contribution is 2.36. The maximum absolute atomic E-state index is 6.24. The van der Waals surface area contributed by atoms with Gasteiger partial charge in [-0.3, -0.25) is 4.90 Å². The highest BCUT2D eigenvalue weighted by molar-refractivity contribution is 5.21. The molecule has 2 atom stereocenters. The zero-order valence-electron chi connectivity index (χ0n) is 14.9. The molecule has 2 aliphatic heterocycles. The first-order valence-electron chi connectivity index (χ1n) is 8.99. The molecule has 2 aromatic rings. The van der Waals surface area contributed by atoms with Crippen molar-refractivity contribution in [1.82, 2.24) is 15.0 Å². The summed E-state index contributed by atoms with van der Waals surface area (Å²) in [6.07, 6.45) is 4.98. The molecular formula is C19H25N3O3. The number of nitrogens with zero attached hydrogens (tertiary/aromatic N) is 3. The lowest BCUT2D eigenvalue weighted by molar-refractivity contribution is -0.0539. The van der Waals surface area contributed by atoms with E-state index in [-0.39, 0.29) is 11.7 Å². The molecule has 0 aromatic carbocycles. The Morgan fingerprint density at radius 2 is 2.28 bits per heavy atom. The van der Waals surface area contributed by atoms with Gasteiger partial charge in [-0.25, -0.2) is 4.98 Å². The quantitative estimate of drug-likeness (QED) is 0.851. The fourth-order valence-electron chi connectivity index (χ4n) is 4.03. The van der Waals surface area contributed by atoms with Crippen LogP contribution in [0.3, 0.4) is 0 Å². The normalized spacial score (nSPS) is 27.0. The van der Waals surface area contributed by atoms with Crippen molar-refractivity contribution in [3.63, 3.8) is 0 Å². The van der Waals surface area contributed by atoms with Crippen LogP contribution in [0.5, 0.6) is 5.88 Å². The average Bonchev–Trinajstić information content (AvgIpc) is 3.14. The maximum Gasteiger partial charge on any atom is 0.213 e. The summed E-state index contributed by atoms with van der Waals surface area (Å²) in [6, 6.07) is 5.74. The number of hydrogen-bond acceptors (Lipinski definition) is 6. The number of aromatic nitrogens is 2. The molecule has 2 fully saturated rings. The molecule has 2 aliphatic rings. The summed E-state index contributed by atoms with van der Waals surface area (Å²) in [5, 5.41) is 4.07. The van der Waals surface area contributed by atoms with Crippen LogP contribution in [-0.2, 0) is 11.3 Å². The highest BCUT2D eigenvalue weighted by Gasteiger charge is 2.44. The van der Waals surface area contributed by atoms with Crippen molar-refractivity contribution in [2.45, 2.75) is 51.4 Å². The van der Waals surface area contributed by atoms with Gasteiger partial charge in [0.1, 0.15) is 11.9 Å². The molecule has 134 valence electrons. The minimum absolute atomic E-state index is 0.0777. The zero-order chi connectivity index (χ0) is 17.3. The Bertz CT molecular complexity index is 698. The van der Waals surface area contributed by atoms with E-state index in [2.05, 4.69) is 15.0 Å². The summed E-state index contributed by atoms with van der Waals surface area (Å²) in [7, 11) is 0. The third kappa shape index (κ3) is 3.55. The molecule has 0 unspecified atom stereocenters. The summed E-state index contributed by atoms with van der Waals surface area (Å²) < 4.78 is 17.5. The van der Waals surface area contributed by atoms with Gasteiger partial charge in [0.25, 0.3) is 0 Å². The predicted octanol–water partition coefficient (Wildman–Crippen LogP) is 2.89. The second-order valence-electron chi connectivity index (χ2n) is 7.22. The van der Waals surface area contributed by atoms with Gasteiger partial charge in [-0.1, -0.05) is 11.2 Å².